The summed E-state index contributed by atoms with van der Waals surface area (Å²) in [6.45, 7) is -5.32. The Morgan fingerprint density at radius 1 is 0.798 bits per heavy atom. The fourth-order valence-electron chi connectivity index (χ4n) is 11.1. The van der Waals surface area contributed by atoms with Crippen molar-refractivity contribution in [3.05, 3.63) is 115 Å². The Bertz CT molecular complexity index is 4160. The van der Waals surface area contributed by atoms with E-state index in [1.807, 2.05) is 0 Å². The number of thiol groups is 1. The van der Waals surface area contributed by atoms with Crippen LogP contribution >= 0.6 is 25.8 Å². The number of carbonyl (C=O) groups excluding carboxylic acids is 7. The lowest BCUT2D eigenvalue weighted by Gasteiger charge is -2.29. The molecule has 0 aliphatic carbocycles. The number of anilines is 3. The van der Waals surface area contributed by atoms with Crippen LogP contribution in [-0.4, -0.2) is 210 Å². The van der Waals surface area contributed by atoms with Gasteiger partial charge in [0.05, 0.1) is 58.8 Å². The summed E-state index contributed by atoms with van der Waals surface area (Å²) in [4.78, 5) is 133. The van der Waals surface area contributed by atoms with Crippen LogP contribution in [0.5, 0.6) is 0 Å². The molecule has 14 bridgehead atoms. The number of halogens is 2. The predicted octanol–water partition coefficient (Wildman–Crippen LogP) is 4.54. The SMILES string of the molecule is CC(C)[C@H](NC(=O)CCOCCOCCN1C(=O)C=CC1=O)C(=O)N[C@@H](C)C(=O)Nc1ccc(COC(=O)N(C)Cc2ccccc2C(=O)N2C/C=C/CNc3ncnc4c3ncn4[C@@H]3O[C@@H]4COP(O)(=S)O[C@H]5[C@@H](F)[C@@H](O[C@@H]5COP(=O)(S)O[C@H]4[C@H]3F)n3cnc4c2ncnc43)cc1. The van der Waals surface area contributed by atoms with Crippen LogP contribution in [-0.2, 0) is 95.3 Å². The minimum Gasteiger partial charge on any atom is -0.445 e. The number of nitrogens with one attached hydrogen (secondary N) is 4. The van der Waals surface area contributed by atoms with E-state index < -0.39 is 130 Å². The van der Waals surface area contributed by atoms with Crippen molar-refractivity contribution in [2.45, 2.75) is 102 Å². The molecule has 4 aromatic heterocycles. The van der Waals surface area contributed by atoms with E-state index in [0.29, 0.717) is 16.8 Å². The van der Waals surface area contributed by atoms with E-state index in [4.69, 9.17) is 53.6 Å². The predicted molar refractivity (Wildman–Crippen MR) is 352 cm³/mol. The largest absolute Gasteiger partial charge is 0.445 e. The second-order valence-electron chi connectivity index (χ2n) is 23.4. The highest BCUT2D eigenvalue weighted by molar-refractivity contribution is 8.44. The molecule has 3 fully saturated rings. The maximum Gasteiger partial charge on any atom is 0.410 e. The molecule has 7 amide bonds. The molecule has 6 aromatic rings. The van der Waals surface area contributed by atoms with Crippen LogP contribution in [0.15, 0.2) is 98.1 Å². The number of ether oxygens (including phenoxy) is 5. The maximum absolute atomic E-state index is 17.1. The van der Waals surface area contributed by atoms with Crippen molar-refractivity contribution in [1.82, 2.24) is 59.5 Å². The third-order valence-electron chi connectivity index (χ3n) is 16.2. The zero-order valence-corrected chi connectivity index (χ0v) is 56.9. The average molecular weight is 1450 g/mol. The van der Waals surface area contributed by atoms with Gasteiger partial charge in [0, 0.05) is 56.5 Å². The highest BCUT2D eigenvalue weighted by Crippen LogP contribution is 2.59. The number of carbonyl (C=O) groups is 7. The summed E-state index contributed by atoms with van der Waals surface area (Å²) in [6, 6.07) is 10.9. The summed E-state index contributed by atoms with van der Waals surface area (Å²) >= 11 is 9.47. The van der Waals surface area contributed by atoms with E-state index in [0.717, 1.165) is 11.2 Å². The highest BCUT2D eigenvalue weighted by atomic mass is 32.7. The minimum absolute atomic E-state index is 0.00307. The van der Waals surface area contributed by atoms with Crippen molar-refractivity contribution in [3.63, 3.8) is 0 Å². The molecule has 3 saturated heterocycles. The molecular formula is C60H69F2N15O18P2S2. The van der Waals surface area contributed by atoms with Crippen molar-refractivity contribution in [3.8, 4) is 0 Å². The number of fused-ring (bicyclic) bond motifs is 10. The molecule has 2 aromatic carbocycles. The molecule has 6 aliphatic rings. The third kappa shape index (κ3) is 17.0. The van der Waals surface area contributed by atoms with Gasteiger partial charge in [-0.2, -0.15) is 0 Å². The zero-order valence-electron chi connectivity index (χ0n) is 53.4. The third-order valence-corrected chi connectivity index (χ3v) is 19.4. The fourth-order valence-corrected chi connectivity index (χ4v) is 14.0. The number of rotatable bonds is 20. The second-order valence-corrected chi connectivity index (χ2v) is 29.1. The molecule has 6 aliphatic heterocycles. The van der Waals surface area contributed by atoms with Crippen LogP contribution < -0.4 is 26.2 Å². The first-order valence-electron chi connectivity index (χ1n) is 31.0. The molecule has 10 heterocycles. The van der Waals surface area contributed by atoms with E-state index in [9.17, 15) is 38.2 Å². The van der Waals surface area contributed by atoms with Crippen molar-refractivity contribution in [2.24, 2.45) is 5.92 Å². The monoisotopic (exact) mass is 1450 g/mol. The van der Waals surface area contributed by atoms with Gasteiger partial charge in [0.25, 0.3) is 17.7 Å². The summed E-state index contributed by atoms with van der Waals surface area (Å²) in [6.07, 6.45) is -4.19. The van der Waals surface area contributed by atoms with Gasteiger partial charge in [0.1, 0.15) is 55.8 Å². The molecule has 0 saturated carbocycles. The first kappa shape index (κ1) is 72.1. The van der Waals surface area contributed by atoms with Crippen LogP contribution in [0.2, 0.25) is 0 Å². The Morgan fingerprint density at radius 3 is 2.13 bits per heavy atom. The second kappa shape index (κ2) is 31.6. The first-order chi connectivity index (χ1) is 47.4. The number of alkyl halides is 2. The van der Waals surface area contributed by atoms with Crippen molar-refractivity contribution >= 4 is 119 Å². The lowest BCUT2D eigenvalue weighted by Crippen LogP contribution is -2.53. The van der Waals surface area contributed by atoms with Gasteiger partial charge in [-0.25, -0.2) is 48.0 Å². The molecule has 5 N–H and O–H groups in total. The molecule has 0 radical (unpaired) electrons. The highest BCUT2D eigenvalue weighted by Gasteiger charge is 2.54. The summed E-state index contributed by atoms with van der Waals surface area (Å²) < 4.78 is 102. The summed E-state index contributed by atoms with van der Waals surface area (Å²) in [5.41, 5.74) is 1.70. The number of aromatic nitrogens is 8. The number of benzene rings is 2. The van der Waals surface area contributed by atoms with Crippen LogP contribution in [0, 0.1) is 5.92 Å². The van der Waals surface area contributed by atoms with Crippen LogP contribution in [0.1, 0.15) is 61.1 Å². The quantitative estimate of drug-likeness (QED) is 0.0201. The molecule has 2 unspecified atom stereocenters. The molecule has 0 spiro atoms. The minimum atomic E-state index is -4.56. The Kier molecular flexibility index (Phi) is 23.0. The topological polar surface area (TPSA) is 385 Å². The van der Waals surface area contributed by atoms with Crippen molar-refractivity contribution in [1.29, 1.82) is 0 Å². The van der Waals surface area contributed by atoms with Gasteiger partial charge < -0.3 is 59.3 Å². The van der Waals surface area contributed by atoms with E-state index in [1.165, 1.54) is 64.0 Å². The lowest BCUT2D eigenvalue weighted by molar-refractivity contribution is -0.137. The van der Waals surface area contributed by atoms with E-state index >= 15 is 13.6 Å². The zero-order chi connectivity index (χ0) is 70.3. The van der Waals surface area contributed by atoms with Gasteiger partial charge in [-0.15, -0.1) is 0 Å². The number of nitrogens with zero attached hydrogens (tertiary/aromatic N) is 11. The van der Waals surface area contributed by atoms with Crippen LogP contribution in [0.4, 0.5) is 30.9 Å². The van der Waals surface area contributed by atoms with Gasteiger partial charge in [-0.1, -0.05) is 68.6 Å². The van der Waals surface area contributed by atoms with Gasteiger partial charge in [0.2, 0.25) is 17.7 Å². The van der Waals surface area contributed by atoms with E-state index in [-0.39, 0.29) is 111 Å². The summed E-state index contributed by atoms with van der Waals surface area (Å²) in [5.74, 6) is -3.17. The molecule has 33 nitrogen and oxygen atoms in total. The summed E-state index contributed by atoms with van der Waals surface area (Å²) in [7, 11) is 1.48. The Labute approximate surface area is 573 Å². The van der Waals surface area contributed by atoms with Gasteiger partial charge in [-0.05, 0) is 54.0 Å². The van der Waals surface area contributed by atoms with Crippen LogP contribution in [0.25, 0.3) is 22.3 Å². The summed E-state index contributed by atoms with van der Waals surface area (Å²) in [5, 5.41) is 11.2. The standard InChI is InChI=1S/C60H69F2N15O18P2S2/c1-33(2)46(72-41(78)17-21-87-23-24-88-22-20-74-42(79)15-16-43(74)80)56(82)70-34(3)55(81)71-37-13-11-35(12-14-37)26-89-60(84)73(4)25-36-9-5-6-10-38(36)57(83)75-19-8-7-18-63-51-47-52(65-29-64-51)76(31-68-47)58-44(61)49-39(92-58)27-90-97(86,99)95-50-40(28-91-96(85,98)94-49)93-59(45(50)62)77-32-69-48-53(75)66-30-67-54(48)77/h5-16,29-34,39-40,44-46,49-50,58-59H,17-28H2,1-4H3,(H,70,82)(H,71,81)(H,72,78)(H,85,98)(H,86,99)(H,63,64,65)/b8-7+/t34-,39+,40+,44+,45+,46-,49+,50+,58+,59+,96?,97?/m0/s1. The maximum atomic E-state index is 17.1. The number of amides is 7. The Morgan fingerprint density at radius 2 is 1.43 bits per heavy atom. The molecular weight excluding hydrogens is 1380 g/mol. The van der Waals surface area contributed by atoms with Gasteiger partial charge in [-0.3, -0.25) is 61.3 Å². The number of imide groups is 1. The van der Waals surface area contributed by atoms with Crippen molar-refractivity contribution < 1.29 is 93.6 Å². The normalized spacial score (nSPS) is 25.7. The average Bonchev–Trinajstić information content (AvgIpc) is 1.63. The fraction of sp³-hybridized carbons (Fsp3) is 0.450. The molecule has 12 atom stereocenters. The molecule has 528 valence electrons. The smallest absolute Gasteiger partial charge is 0.410 e. The van der Waals surface area contributed by atoms with Crippen LogP contribution in [0.3, 0.4) is 0 Å². The molecule has 39 heteroatoms. The molecule has 12 rings (SSSR count). The Hall–Kier alpha value is -8.16. The Balaban J connectivity index is 0.730. The number of hydrogen-bond acceptors (Lipinski definition) is 25. The van der Waals surface area contributed by atoms with E-state index in [1.54, 1.807) is 74.5 Å². The van der Waals surface area contributed by atoms with E-state index in [2.05, 4.69) is 63.4 Å². The first-order valence-corrected chi connectivity index (χ1v) is 36.3. The number of imidazole rings is 2. The van der Waals surface area contributed by atoms with Gasteiger partial charge >= 0.3 is 19.6 Å². The number of hydrogen-bond donors (Lipinski definition) is 6. The lowest BCUT2D eigenvalue weighted by atomic mass is 10.0. The van der Waals surface area contributed by atoms with Crippen molar-refractivity contribution in [2.75, 3.05) is 81.9 Å². The molecule has 99 heavy (non-hydrogen) atoms. The van der Waals surface area contributed by atoms with Gasteiger partial charge in [0.15, 0.2) is 58.8 Å².